The Balaban J connectivity index is 0.965. The second-order valence-corrected chi connectivity index (χ2v) is 42.6. The number of amides is 7. The molecule has 30 nitrogen and oxygen atoms in total. The van der Waals surface area contributed by atoms with E-state index in [1.54, 1.807) is 147 Å². The molecular weight excluding hydrogens is 1880 g/mol. The third-order valence-electron chi connectivity index (χ3n) is 23.9. The maximum absolute atomic E-state index is 15.9. The van der Waals surface area contributed by atoms with Crippen LogP contribution in [0.3, 0.4) is 0 Å². The van der Waals surface area contributed by atoms with Crippen molar-refractivity contribution < 1.29 is 111 Å². The van der Waals surface area contributed by atoms with Gasteiger partial charge in [-0.3, -0.25) is 28.8 Å². The Morgan fingerprint density at radius 2 is 0.819 bits per heavy atom. The van der Waals surface area contributed by atoms with Gasteiger partial charge in [-0.25, -0.2) is 24.1 Å². The number of imide groups is 1. The fraction of sp³-hybridized carbons (Fsp3) is 0.429. The lowest BCUT2D eigenvalue weighted by Crippen LogP contribution is -2.70. The predicted octanol–water partition coefficient (Wildman–Crippen LogP) is 13.0. The summed E-state index contributed by atoms with van der Waals surface area (Å²) in [6.07, 6.45) is -20.6. The van der Waals surface area contributed by atoms with E-state index in [2.05, 4.69) is 26.6 Å². The molecule has 0 aromatic heterocycles. The van der Waals surface area contributed by atoms with Crippen molar-refractivity contribution in [2.45, 2.75) is 247 Å². The molecule has 144 heavy (non-hydrogen) atoms. The summed E-state index contributed by atoms with van der Waals surface area (Å²) in [5.74, 6) is -10.3. The highest BCUT2D eigenvalue weighted by atomic mass is 32.2. The van der Waals surface area contributed by atoms with Crippen LogP contribution in [0.25, 0.3) is 0 Å². The maximum Gasteiger partial charge on any atom is 0.417 e. The van der Waals surface area contributed by atoms with Crippen molar-refractivity contribution in [1.29, 1.82) is 0 Å². The van der Waals surface area contributed by atoms with E-state index >= 15 is 33.6 Å². The molecule has 2 saturated heterocycles. The number of esters is 3. The highest BCUT2D eigenvalue weighted by Gasteiger charge is 2.56. The van der Waals surface area contributed by atoms with Gasteiger partial charge in [-0.2, -0.15) is 0 Å². The second-order valence-electron chi connectivity index (χ2n) is 40.1. The van der Waals surface area contributed by atoms with Gasteiger partial charge in [-0.15, -0.1) is 23.5 Å². The molecule has 15 atom stereocenters. The topological polar surface area (TPSA) is 413 Å². The monoisotopic (exact) mass is 2010 g/mol. The summed E-state index contributed by atoms with van der Waals surface area (Å²) in [5, 5.41) is 51.7. The number of aliphatic hydroxyl groups excluding tert-OH is 3. The van der Waals surface area contributed by atoms with E-state index < -0.39 is 227 Å². The molecule has 9 aromatic rings. The molecule has 2 fully saturated rings. The van der Waals surface area contributed by atoms with Gasteiger partial charge in [0, 0.05) is 11.5 Å². The van der Waals surface area contributed by atoms with Crippen molar-refractivity contribution in [1.82, 2.24) is 31.5 Å². The molecule has 32 heteroatoms. The Bertz CT molecular complexity index is 5380. The van der Waals surface area contributed by atoms with Gasteiger partial charge in [0.2, 0.25) is 29.5 Å². The molecule has 2 aliphatic rings. The number of nitrogens with zero attached hydrogens (tertiary/aromatic N) is 1. The van der Waals surface area contributed by atoms with Gasteiger partial charge in [0.05, 0.1) is 22.1 Å². The number of ether oxygens (including phenoxy) is 10. The third-order valence-corrected chi connectivity index (χ3v) is 27.2. The van der Waals surface area contributed by atoms with Crippen LogP contribution in [0.15, 0.2) is 273 Å². The summed E-state index contributed by atoms with van der Waals surface area (Å²) in [7, 11) is 0. The lowest BCUT2D eigenvalue weighted by atomic mass is 9.77. The van der Waals surface area contributed by atoms with Gasteiger partial charge < -0.3 is 95.0 Å². The fourth-order valence-corrected chi connectivity index (χ4v) is 20.4. The van der Waals surface area contributed by atoms with Gasteiger partial charge in [0.15, 0.2) is 18.7 Å². The summed E-state index contributed by atoms with van der Waals surface area (Å²) in [5.41, 5.74) is 7.78. The number of aliphatic hydroxyl groups is 3. The first-order valence-corrected chi connectivity index (χ1v) is 50.4. The first-order valence-electron chi connectivity index (χ1n) is 48.4. The molecule has 0 saturated carbocycles. The molecule has 11 rings (SSSR count). The first-order chi connectivity index (χ1) is 68.4. The third kappa shape index (κ3) is 29.7. The van der Waals surface area contributed by atoms with E-state index in [0.29, 0.717) is 28.0 Å². The van der Waals surface area contributed by atoms with Crippen molar-refractivity contribution in [2.24, 2.45) is 17.6 Å². The normalized spacial score (nSPS) is 19.5. The molecule has 7 amide bonds. The highest BCUT2D eigenvalue weighted by molar-refractivity contribution is 8.01. The van der Waals surface area contributed by atoms with Gasteiger partial charge in [-0.1, -0.05) is 307 Å². The Morgan fingerprint density at radius 1 is 0.431 bits per heavy atom. The zero-order chi connectivity index (χ0) is 104. The Hall–Kier alpha value is -12.0. The number of hydrogen-bond donors (Lipinski definition) is 9. The van der Waals surface area contributed by atoms with Crippen LogP contribution in [-0.2, 0) is 106 Å². The van der Waals surface area contributed by atoms with E-state index in [0.717, 1.165) is 33.4 Å². The summed E-state index contributed by atoms with van der Waals surface area (Å²) in [6.45, 7) is 20.9. The van der Waals surface area contributed by atoms with E-state index in [-0.39, 0.29) is 17.9 Å². The average Bonchev–Trinajstić information content (AvgIpc) is 0.751. The minimum Gasteiger partial charge on any atom is -0.458 e. The molecular formula is C112H137N7O23S2. The Labute approximate surface area is 851 Å². The van der Waals surface area contributed by atoms with Gasteiger partial charge in [0.25, 0.3) is 5.91 Å². The van der Waals surface area contributed by atoms with Gasteiger partial charge in [-0.05, 0) is 151 Å². The molecule has 0 aliphatic carbocycles. The molecule has 10 N–H and O–H groups in total. The number of hydrogen-bond acceptors (Lipinski definition) is 26. The predicted molar refractivity (Wildman–Crippen MR) is 547 cm³/mol. The minimum atomic E-state index is -2.35. The molecule has 0 radical (unpaired) electrons. The van der Waals surface area contributed by atoms with E-state index in [9.17, 15) is 29.7 Å². The number of thioether (sulfide) groups is 2. The van der Waals surface area contributed by atoms with Crippen LogP contribution in [0.5, 0.6) is 0 Å². The van der Waals surface area contributed by atoms with Gasteiger partial charge >= 0.3 is 24.0 Å². The van der Waals surface area contributed by atoms with Crippen LogP contribution in [0.2, 0.25) is 0 Å². The largest absolute Gasteiger partial charge is 0.458 e. The lowest BCUT2D eigenvalue weighted by molar-refractivity contribution is -0.348. The van der Waals surface area contributed by atoms with Crippen LogP contribution in [0.4, 0.5) is 4.79 Å². The number of nitrogens with one attached hydrogen (secondary N) is 5. The van der Waals surface area contributed by atoms with E-state index in [4.69, 9.17) is 53.1 Å². The van der Waals surface area contributed by atoms with Crippen LogP contribution < -0.4 is 32.3 Å². The smallest absolute Gasteiger partial charge is 0.417 e. The first kappa shape index (κ1) is 112. The standard InChI is InChI=1S/C112H137N7O23S2/c1-17-72(4)90(99(128)115-84(102(131)141-108(11,12)13)70-144-112(79-57-39-24-40-58-79,80-59-41-25-42-60-80)81-61-43-26-44-62-81)117-98(127)83(63-71(2)3)114-100(129)96-92(125)93(126)97(134-68-89(124)140-107(8,9)10)104(138-96)137-94-85(65-120)136-103(135-66-87(122)118-110(73-45-27-18-28-46-73,74-47-29-19-30-48-74)75-49-31-20-32-50-75)91(95(94)133-67-88(123)139-106(5,6)7)116-86(121)64-119(105(132)142-109(14,15)16)101(130)82(113)69-143-111(76-51-33-21-34-52-76,77-53-35-22-36-54-77)78-55-37-23-38-56-78/h18-62,71-72,82-85,90-97,103-104,120,125-126H,17,63-70,113H2,1-16H3,(H,114,129)(H,115,128)(H,116,121)(H,117,127)(H,118,122)/t72-,82-,83-,84-,85+,90-,91+,92-,93-,94+,95-,96-,97+,103+,104+/m0/s1. The number of benzene rings is 9. The van der Waals surface area contributed by atoms with Crippen molar-refractivity contribution >= 4 is 83.0 Å². The zero-order valence-corrected chi connectivity index (χ0v) is 86.1. The highest BCUT2D eigenvalue weighted by Crippen LogP contribution is 2.51. The van der Waals surface area contributed by atoms with E-state index in [1.165, 1.54) is 23.5 Å². The summed E-state index contributed by atoms with van der Waals surface area (Å²) in [4.78, 5) is 152. The number of carbonyl (C=O) groups excluding carboxylic acids is 10. The van der Waals surface area contributed by atoms with Crippen LogP contribution in [0, 0.1) is 11.8 Å². The number of rotatable bonds is 43. The molecule has 2 heterocycles. The summed E-state index contributed by atoms with van der Waals surface area (Å²) in [6, 6.07) is 77.1. The fourth-order valence-electron chi connectivity index (χ4n) is 17.3. The van der Waals surface area contributed by atoms with Crippen LogP contribution >= 0.6 is 23.5 Å². The summed E-state index contributed by atoms with van der Waals surface area (Å²) >= 11 is 2.69. The zero-order valence-electron chi connectivity index (χ0n) is 84.4. The second kappa shape index (κ2) is 50.7. The van der Waals surface area contributed by atoms with Crippen molar-refractivity contribution in [3.05, 3.63) is 323 Å². The molecule has 2 aliphatic heterocycles. The Morgan fingerprint density at radius 3 is 1.20 bits per heavy atom. The van der Waals surface area contributed by atoms with Crippen LogP contribution in [0.1, 0.15) is 174 Å². The molecule has 770 valence electrons. The molecule has 0 spiro atoms. The van der Waals surface area contributed by atoms with Crippen molar-refractivity contribution in [2.75, 3.05) is 44.5 Å². The minimum absolute atomic E-state index is 0.0678. The maximum atomic E-state index is 15.9. The SMILES string of the molecule is CC[C@H](C)[C@H](NC(=O)[C@H](CC(C)C)NC(=O)[C@H]1O[C@@H](O[C@H]2[C@@H](OCC(=O)OC(C)(C)C)[C@@H](NC(=O)CN(C(=O)OC(C)(C)C)C(=O)[C@@H](N)CSC(c3ccccc3)(c3ccccc3)c3ccccc3)[C@H](OCC(=O)NC(c3ccccc3)(c3ccccc3)c3ccccc3)O[C@@H]2CO)[C@H](OCC(=O)OC(C)(C)C)[C@@H](O)[C@@H]1O)C(=O)N[C@@H](CSC(c1ccccc1)(c1ccccc1)c1ccccc1)C(=O)OC(C)(C)C. The molecule has 0 unspecified atom stereocenters. The summed E-state index contributed by atoms with van der Waals surface area (Å²) < 4.78 is 60.9. The van der Waals surface area contributed by atoms with Crippen molar-refractivity contribution in [3.63, 3.8) is 0 Å². The Kier molecular flexibility index (Phi) is 39.5. The lowest BCUT2D eigenvalue weighted by Gasteiger charge is -2.49. The average molecular weight is 2010 g/mol. The van der Waals surface area contributed by atoms with E-state index in [1.807, 2.05) is 237 Å². The van der Waals surface area contributed by atoms with Crippen molar-refractivity contribution in [3.8, 4) is 0 Å². The number of nitrogens with two attached hydrogens (primary N) is 1. The molecule has 0 bridgehead atoms. The molecule has 9 aromatic carbocycles. The number of carbonyl (C=O) groups is 10. The van der Waals surface area contributed by atoms with Crippen LogP contribution in [-0.4, -0.2) is 232 Å². The van der Waals surface area contributed by atoms with Gasteiger partial charge in [0.1, 0.15) is 115 Å². The quantitative estimate of drug-likeness (QED) is 0.00973.